The Morgan fingerprint density at radius 2 is 1.22 bits per heavy atom. The summed E-state index contributed by atoms with van der Waals surface area (Å²) in [7, 11) is 2.72. The lowest BCUT2D eigenvalue weighted by Gasteiger charge is -2.13. The van der Waals surface area contributed by atoms with Crippen LogP contribution < -0.4 is 11.3 Å². The Balaban J connectivity index is 0.000000230. The molecule has 3 aromatic heterocycles. The Hall–Kier alpha value is -6.98. The van der Waals surface area contributed by atoms with Crippen molar-refractivity contribution in [2.75, 3.05) is 32.7 Å². The molecule has 7 aromatic rings. The maximum absolute atomic E-state index is 14.6. The summed E-state index contributed by atoms with van der Waals surface area (Å²) in [5.74, 6) is -2.58. The summed E-state index contributed by atoms with van der Waals surface area (Å²) in [6.07, 6.45) is -8.57. The summed E-state index contributed by atoms with van der Waals surface area (Å²) in [6, 6.07) is 20.4. The molecule has 0 saturated heterocycles. The van der Waals surface area contributed by atoms with Gasteiger partial charge >= 0.3 is 24.3 Å². The first-order valence-corrected chi connectivity index (χ1v) is 21.8. The van der Waals surface area contributed by atoms with Crippen LogP contribution in [0.5, 0.6) is 0 Å². The molecule has 0 bridgehead atoms. The van der Waals surface area contributed by atoms with Gasteiger partial charge in [-0.3, -0.25) is 10.6 Å². The topological polar surface area (TPSA) is 181 Å². The number of alkyl halides is 6. The fraction of sp³-hybridized carbons (Fsp3) is 0.174. The number of carbonyl (C=O) groups is 3. The number of nitrogens with zero attached hydrogens (tertiary/aromatic N) is 5. The van der Waals surface area contributed by atoms with Gasteiger partial charge in [-0.1, -0.05) is 93.1 Å². The summed E-state index contributed by atoms with van der Waals surface area (Å²) >= 11 is 23.8. The summed E-state index contributed by atoms with van der Waals surface area (Å²) in [4.78, 5) is 38.4. The van der Waals surface area contributed by atoms with E-state index in [2.05, 4.69) is 20.8 Å². The number of esters is 2. The van der Waals surface area contributed by atoms with Crippen LogP contribution in [0.15, 0.2) is 106 Å². The number of carbonyl (C=O) groups excluding carboxylic acids is 3. The van der Waals surface area contributed by atoms with Gasteiger partial charge in [-0.05, 0) is 62.4 Å². The molecule has 0 atom stereocenters. The average Bonchev–Trinajstić information content (AvgIpc) is 4.07. The number of hydrazine groups is 1. The van der Waals surface area contributed by atoms with E-state index in [1.165, 1.54) is 70.4 Å². The molecule has 0 aliphatic rings. The lowest BCUT2D eigenvalue weighted by molar-refractivity contribution is -0.164. The Morgan fingerprint density at radius 1 is 0.722 bits per heavy atom. The van der Waals surface area contributed by atoms with Crippen LogP contribution in [0.1, 0.15) is 46.0 Å². The van der Waals surface area contributed by atoms with Crippen LogP contribution in [0, 0.1) is 11.6 Å². The van der Waals surface area contributed by atoms with E-state index in [9.17, 15) is 49.5 Å². The van der Waals surface area contributed by atoms with Crippen molar-refractivity contribution in [1.29, 1.82) is 0 Å². The molecule has 380 valence electrons. The highest BCUT2D eigenvalue weighted by atomic mass is 35.5. The van der Waals surface area contributed by atoms with Crippen molar-refractivity contribution in [1.82, 2.24) is 25.0 Å². The third-order valence-electron chi connectivity index (χ3n) is 9.27. The van der Waals surface area contributed by atoms with E-state index in [1.54, 1.807) is 12.1 Å². The zero-order valence-corrected chi connectivity index (χ0v) is 40.4. The number of nitrogens with two attached hydrogens (primary N) is 1. The highest BCUT2D eigenvalue weighted by Crippen LogP contribution is 2.44. The third-order valence-corrected chi connectivity index (χ3v) is 10.5. The average molecular weight is 1090 g/mol. The van der Waals surface area contributed by atoms with Crippen molar-refractivity contribution in [3.05, 3.63) is 152 Å². The van der Waals surface area contributed by atoms with E-state index in [1.807, 2.05) is 18.2 Å². The number of para-hydroxylation sites is 2. The molecule has 0 aliphatic heterocycles. The number of hydrogen-bond acceptors (Lipinski definition) is 13. The fourth-order valence-electron chi connectivity index (χ4n) is 6.33. The number of hydrogen-bond donors (Lipinski definition) is 2. The molecule has 7 rings (SSSR count). The van der Waals surface area contributed by atoms with Crippen molar-refractivity contribution in [2.45, 2.75) is 26.2 Å². The van der Waals surface area contributed by atoms with E-state index < -0.39 is 92.6 Å². The summed E-state index contributed by atoms with van der Waals surface area (Å²) in [5.41, 5.74) is -2.53. The van der Waals surface area contributed by atoms with Crippen LogP contribution in [0.25, 0.3) is 45.1 Å². The van der Waals surface area contributed by atoms with Crippen LogP contribution in [0.3, 0.4) is 0 Å². The minimum Gasteiger partial charge on any atom is -0.462 e. The van der Waals surface area contributed by atoms with Gasteiger partial charge in [0.05, 0.1) is 73.1 Å². The number of Topliss-reactive ketones (excluding diaryl/α,β-unsaturated/α-hetero) is 1. The minimum absolute atomic E-state index is 0.00432. The number of ether oxygens (including phenoxy) is 2. The normalized spacial score (nSPS) is 11.5. The van der Waals surface area contributed by atoms with Crippen molar-refractivity contribution in [3.63, 3.8) is 0 Å². The summed E-state index contributed by atoms with van der Waals surface area (Å²) < 4.78 is 131. The zero-order chi connectivity index (χ0) is 53.2. The van der Waals surface area contributed by atoms with Crippen molar-refractivity contribution in [3.8, 4) is 39.5 Å². The van der Waals surface area contributed by atoms with E-state index in [-0.39, 0.29) is 45.1 Å². The minimum atomic E-state index is -5.27. The second-order valence-electron chi connectivity index (χ2n) is 14.3. The molecule has 0 radical (unpaired) electrons. The Kier molecular flexibility index (Phi) is 18.6. The van der Waals surface area contributed by atoms with E-state index >= 15 is 0 Å². The van der Waals surface area contributed by atoms with Gasteiger partial charge < -0.3 is 28.8 Å². The molecule has 14 nitrogen and oxygen atoms in total. The summed E-state index contributed by atoms with van der Waals surface area (Å²) in [6.45, 7) is 2.70. The van der Waals surface area contributed by atoms with Crippen LogP contribution >= 0.6 is 46.4 Å². The molecular weight excluding hydrogens is 1060 g/mol. The number of halogens is 12. The summed E-state index contributed by atoms with van der Waals surface area (Å²) in [5, 5.41) is 11.4. The van der Waals surface area contributed by atoms with E-state index in [0.717, 1.165) is 35.1 Å². The third kappa shape index (κ3) is 12.7. The molecule has 3 heterocycles. The second kappa shape index (κ2) is 24.0. The van der Waals surface area contributed by atoms with Gasteiger partial charge in [0, 0.05) is 20.3 Å². The number of ketones is 1. The van der Waals surface area contributed by atoms with E-state index in [4.69, 9.17) is 70.8 Å². The molecule has 3 N–H and O–H groups in total. The standard InChI is InChI=1S/C22H13Cl2F4N3O3.C18H15ClF4N2O4.C6H7ClN2/c1-2-33-21(32)17-18(16-13(24)7-5-8-14(16)25)30-34-19(17)11-10-29-31(20(11)22(26,27)28)15-9-4-3-6-12(15)23;1-4-28-17(27)13-14(12-10(19)6-5-7-11(12)20)24-29-15(13)9(8-25(2)3)16(26)18(21,22)23;7-5-3-1-2-4-6(5)9-8/h3-10H,2H2,1H3;5-8H,4H2,1-3H3;1-4,9H,8H2/b;9-8-;. The van der Waals surface area contributed by atoms with Crippen molar-refractivity contribution >= 4 is 75.4 Å². The van der Waals surface area contributed by atoms with Crippen molar-refractivity contribution < 1.29 is 68.0 Å². The number of allylic oxidation sites excluding steroid dienone is 1. The highest BCUT2D eigenvalue weighted by Gasteiger charge is 2.45. The lowest BCUT2D eigenvalue weighted by atomic mass is 10.00. The largest absolute Gasteiger partial charge is 0.462 e. The number of nitrogens with one attached hydrogen (secondary N) is 1. The van der Waals surface area contributed by atoms with Gasteiger partial charge in [0.25, 0.3) is 5.78 Å². The molecule has 4 aromatic carbocycles. The van der Waals surface area contributed by atoms with Crippen LogP contribution in [-0.2, 0) is 20.4 Å². The number of aromatic nitrogens is 4. The quantitative estimate of drug-likeness (QED) is 0.0388. The van der Waals surface area contributed by atoms with Gasteiger partial charge in [-0.2, -0.15) is 31.4 Å². The predicted octanol–water partition coefficient (Wildman–Crippen LogP) is 12.8. The van der Waals surface area contributed by atoms with Gasteiger partial charge in [0.2, 0.25) is 0 Å². The monoisotopic (exact) mass is 1090 g/mol. The van der Waals surface area contributed by atoms with Crippen molar-refractivity contribution in [2.24, 2.45) is 5.84 Å². The molecular formula is C46H35Cl4F8N7O7. The Morgan fingerprint density at radius 3 is 1.69 bits per heavy atom. The number of nitrogen functional groups attached to an aromatic ring is 1. The van der Waals surface area contributed by atoms with Crippen LogP contribution in [0.4, 0.5) is 40.8 Å². The number of rotatable bonds is 12. The van der Waals surface area contributed by atoms with Crippen LogP contribution in [0.2, 0.25) is 20.1 Å². The first kappa shape index (κ1) is 55.9. The lowest BCUT2D eigenvalue weighted by Crippen LogP contribution is -2.25. The number of benzene rings is 4. The Bertz CT molecular complexity index is 3080. The van der Waals surface area contributed by atoms with Gasteiger partial charge in [0.1, 0.15) is 34.1 Å². The molecule has 0 fully saturated rings. The van der Waals surface area contributed by atoms with Crippen LogP contribution in [-0.4, -0.2) is 76.2 Å². The maximum Gasteiger partial charge on any atom is 0.455 e. The molecule has 72 heavy (non-hydrogen) atoms. The molecule has 26 heteroatoms. The van der Waals surface area contributed by atoms with Gasteiger partial charge in [-0.25, -0.2) is 23.1 Å². The first-order chi connectivity index (χ1) is 34.0. The zero-order valence-electron chi connectivity index (χ0n) is 37.4. The van der Waals surface area contributed by atoms with E-state index in [0.29, 0.717) is 9.70 Å². The molecule has 0 unspecified atom stereocenters. The second-order valence-corrected chi connectivity index (χ2v) is 16.0. The SMILES string of the molecule is CCOC(=O)c1c(-c2c(F)cccc2Cl)noc1-c1cnn(-c2ccccc2Cl)c1C(F)(F)F.CCOC(=O)c1c(-c2c(F)cccc2Cl)noc1/C(=C/N(C)C)C(=O)C(F)(F)F.NNc1ccccc1Cl. The fourth-order valence-corrected chi connectivity index (χ4v) is 7.24. The first-order valence-electron chi connectivity index (χ1n) is 20.3. The molecule has 0 spiro atoms. The maximum atomic E-state index is 14.6. The Labute approximate surface area is 422 Å². The smallest absolute Gasteiger partial charge is 0.455 e. The molecule has 0 saturated carbocycles. The van der Waals surface area contributed by atoms with Gasteiger partial charge in [-0.15, -0.1) is 0 Å². The van der Waals surface area contributed by atoms with Gasteiger partial charge in [0.15, 0.2) is 17.2 Å². The molecule has 0 amide bonds. The predicted molar refractivity (Wildman–Crippen MR) is 250 cm³/mol. The molecule has 0 aliphatic carbocycles. The highest BCUT2D eigenvalue weighted by molar-refractivity contribution is 6.34. The number of anilines is 1.